The lowest BCUT2D eigenvalue weighted by atomic mass is 9.91. The van der Waals surface area contributed by atoms with E-state index in [4.69, 9.17) is 8.83 Å². The Morgan fingerprint density at radius 3 is 1.88 bits per heavy atom. The van der Waals surface area contributed by atoms with Gasteiger partial charge in [-0.3, -0.25) is 0 Å². The molecule has 1 aliphatic rings. The number of hydrogen-bond donors (Lipinski definition) is 0. The summed E-state index contributed by atoms with van der Waals surface area (Å²) in [4.78, 5) is 13.3. The van der Waals surface area contributed by atoms with Gasteiger partial charge in [0.1, 0.15) is 11.5 Å². The van der Waals surface area contributed by atoms with Gasteiger partial charge in [-0.1, -0.05) is 55.4 Å². The number of likely N-dealkylation sites (tertiary alicyclic amines) is 1. The molecule has 0 radical (unpaired) electrons. The first-order valence-electron chi connectivity index (χ1n) is 9.28. The smallest absolute Gasteiger partial charge is 0.396 e. The van der Waals surface area contributed by atoms with Crippen LogP contribution in [0.25, 0.3) is 0 Å². The molecule has 0 bridgehead atoms. The van der Waals surface area contributed by atoms with Crippen molar-refractivity contribution >= 4 is 0 Å². The predicted molar refractivity (Wildman–Crippen MR) is 106 cm³/mol. The Bertz CT molecular complexity index is 523. The molecule has 0 saturated carbocycles. The van der Waals surface area contributed by atoms with Gasteiger partial charge < -0.3 is 13.7 Å². The summed E-state index contributed by atoms with van der Waals surface area (Å²) in [5, 5.41) is 0. The minimum atomic E-state index is -0.605. The molecule has 1 aromatic heterocycles. The Morgan fingerprint density at radius 1 is 0.920 bits per heavy atom. The summed E-state index contributed by atoms with van der Waals surface area (Å²) in [7, 11) is 0. The van der Waals surface area contributed by atoms with Crippen molar-refractivity contribution < 1.29 is 8.83 Å². The third-order valence-corrected chi connectivity index (χ3v) is 4.15. The van der Waals surface area contributed by atoms with Gasteiger partial charge in [-0.15, -0.1) is 0 Å². The van der Waals surface area contributed by atoms with E-state index in [2.05, 4.69) is 46.4 Å². The highest BCUT2D eigenvalue weighted by Gasteiger charge is 2.17. The van der Waals surface area contributed by atoms with E-state index in [1.165, 1.54) is 45.3 Å². The molecule has 0 N–H and O–H groups in total. The van der Waals surface area contributed by atoms with E-state index in [1.807, 2.05) is 0 Å². The van der Waals surface area contributed by atoms with Crippen LogP contribution in [0.1, 0.15) is 86.2 Å². The standard InChI is InChI=1S/C11H23N.C9H14O3.CH4/c1-11(2,3)7-10-12-8-5-4-6-9-12;1-6-7(5-9(2,3)4)12-8(10)11-6;/h4-10H2,1-3H3;5H2,1-4H3;1H4. The van der Waals surface area contributed by atoms with E-state index in [0.29, 0.717) is 16.9 Å². The third-order valence-electron chi connectivity index (χ3n) is 4.15. The van der Waals surface area contributed by atoms with E-state index in [-0.39, 0.29) is 12.8 Å². The highest BCUT2D eigenvalue weighted by atomic mass is 16.6. The highest BCUT2D eigenvalue weighted by Crippen LogP contribution is 2.22. The fraction of sp³-hybridized carbons (Fsp3) is 0.857. The van der Waals surface area contributed by atoms with Gasteiger partial charge in [-0.05, 0) is 56.7 Å². The molecular formula is C21H41NO3. The van der Waals surface area contributed by atoms with Crippen molar-refractivity contribution in [1.29, 1.82) is 0 Å². The van der Waals surface area contributed by atoms with Crippen LogP contribution in [0.15, 0.2) is 13.6 Å². The molecule has 1 aliphatic heterocycles. The second-order valence-electron chi connectivity index (χ2n) is 9.38. The zero-order valence-corrected chi connectivity index (χ0v) is 16.8. The number of rotatable bonds is 3. The van der Waals surface area contributed by atoms with Crippen LogP contribution in [-0.2, 0) is 6.42 Å². The first-order chi connectivity index (χ1) is 11.0. The molecule has 25 heavy (non-hydrogen) atoms. The lowest BCUT2D eigenvalue weighted by molar-refractivity contribution is 0.196. The van der Waals surface area contributed by atoms with Crippen LogP contribution in [0.3, 0.4) is 0 Å². The molecule has 4 nitrogen and oxygen atoms in total. The van der Waals surface area contributed by atoms with Crippen LogP contribution >= 0.6 is 0 Å². The molecular weight excluding hydrogens is 314 g/mol. The van der Waals surface area contributed by atoms with Gasteiger partial charge >= 0.3 is 5.82 Å². The normalized spacial score (nSPS) is 16.0. The van der Waals surface area contributed by atoms with E-state index in [1.54, 1.807) is 6.92 Å². The van der Waals surface area contributed by atoms with Crippen LogP contribution in [0, 0.1) is 17.8 Å². The lowest BCUT2D eigenvalue weighted by Gasteiger charge is -2.29. The topological polar surface area (TPSA) is 46.6 Å². The Hall–Kier alpha value is -1.03. The predicted octanol–water partition coefficient (Wildman–Crippen LogP) is 5.67. The van der Waals surface area contributed by atoms with Gasteiger partial charge in [0.25, 0.3) is 0 Å². The van der Waals surface area contributed by atoms with Crippen molar-refractivity contribution in [3.63, 3.8) is 0 Å². The fourth-order valence-electron chi connectivity index (χ4n) is 2.69. The summed E-state index contributed by atoms with van der Waals surface area (Å²) in [5.41, 5.74) is 0.627. The monoisotopic (exact) mass is 355 g/mol. The summed E-state index contributed by atoms with van der Waals surface area (Å²) in [5.74, 6) is 0.647. The molecule has 0 spiro atoms. The van der Waals surface area contributed by atoms with Crippen molar-refractivity contribution in [2.45, 2.75) is 88.0 Å². The largest absolute Gasteiger partial charge is 0.519 e. The molecule has 0 amide bonds. The second kappa shape index (κ2) is 10.2. The minimum Gasteiger partial charge on any atom is -0.396 e. The van der Waals surface area contributed by atoms with Gasteiger partial charge in [-0.25, -0.2) is 4.79 Å². The SMILES string of the molecule is C.CC(C)(C)CCN1CCCCC1.Cc1oc(=O)oc1CC(C)(C)C. The van der Waals surface area contributed by atoms with Crippen molar-refractivity contribution in [1.82, 2.24) is 4.90 Å². The van der Waals surface area contributed by atoms with Gasteiger partial charge in [0.2, 0.25) is 0 Å². The summed E-state index contributed by atoms with van der Waals surface area (Å²) in [6, 6.07) is 0. The van der Waals surface area contributed by atoms with Crippen molar-refractivity contribution in [3.05, 3.63) is 22.1 Å². The molecule has 1 fully saturated rings. The highest BCUT2D eigenvalue weighted by molar-refractivity contribution is 5.02. The van der Waals surface area contributed by atoms with Gasteiger partial charge in [0, 0.05) is 6.42 Å². The number of piperidine rings is 1. The van der Waals surface area contributed by atoms with Gasteiger partial charge in [-0.2, -0.15) is 0 Å². The maximum absolute atomic E-state index is 10.7. The van der Waals surface area contributed by atoms with E-state index in [9.17, 15) is 4.79 Å². The minimum absolute atomic E-state index is 0. The van der Waals surface area contributed by atoms with Crippen LogP contribution in [0.2, 0.25) is 0 Å². The zero-order chi connectivity index (χ0) is 18.4. The Balaban J connectivity index is 0.000000443. The van der Waals surface area contributed by atoms with Gasteiger partial charge in [0.15, 0.2) is 0 Å². The van der Waals surface area contributed by atoms with E-state index < -0.39 is 5.82 Å². The maximum atomic E-state index is 10.7. The van der Waals surface area contributed by atoms with E-state index >= 15 is 0 Å². The molecule has 0 aliphatic carbocycles. The second-order valence-corrected chi connectivity index (χ2v) is 9.38. The Kier molecular flexibility index (Phi) is 9.78. The first-order valence-corrected chi connectivity index (χ1v) is 9.28. The maximum Gasteiger partial charge on any atom is 0.519 e. The summed E-state index contributed by atoms with van der Waals surface area (Å²) >= 11 is 0. The molecule has 1 saturated heterocycles. The lowest BCUT2D eigenvalue weighted by Crippen LogP contribution is -2.32. The van der Waals surface area contributed by atoms with E-state index in [0.717, 1.165) is 6.42 Å². The fourth-order valence-corrected chi connectivity index (χ4v) is 2.69. The van der Waals surface area contributed by atoms with Crippen molar-refractivity contribution in [3.8, 4) is 0 Å². The summed E-state index contributed by atoms with van der Waals surface area (Å²) in [6.45, 7) is 19.0. The number of aryl methyl sites for hydroxylation is 1. The molecule has 0 atom stereocenters. The average Bonchev–Trinajstić information content (AvgIpc) is 2.74. The van der Waals surface area contributed by atoms with Crippen molar-refractivity contribution in [2.75, 3.05) is 19.6 Å². The van der Waals surface area contributed by atoms with Gasteiger partial charge in [0.05, 0.1) is 0 Å². The van der Waals surface area contributed by atoms with Crippen molar-refractivity contribution in [2.24, 2.45) is 10.8 Å². The summed E-state index contributed by atoms with van der Waals surface area (Å²) < 4.78 is 9.61. The third kappa shape index (κ3) is 11.2. The van der Waals surface area contributed by atoms with Crippen LogP contribution < -0.4 is 5.82 Å². The molecule has 2 heterocycles. The van der Waals surface area contributed by atoms with Crippen LogP contribution in [0.5, 0.6) is 0 Å². The number of hydrogen-bond acceptors (Lipinski definition) is 4. The Morgan fingerprint density at radius 2 is 1.48 bits per heavy atom. The molecule has 0 unspecified atom stereocenters. The average molecular weight is 356 g/mol. The zero-order valence-electron chi connectivity index (χ0n) is 16.8. The Labute approximate surface area is 155 Å². The summed E-state index contributed by atoms with van der Waals surface area (Å²) in [6.07, 6.45) is 6.36. The molecule has 2 rings (SSSR count). The van der Waals surface area contributed by atoms with Crippen LogP contribution in [0.4, 0.5) is 0 Å². The molecule has 1 aromatic rings. The molecule has 148 valence electrons. The quantitative estimate of drug-likeness (QED) is 0.700. The van der Waals surface area contributed by atoms with Crippen LogP contribution in [-0.4, -0.2) is 24.5 Å². The molecule has 4 heteroatoms. The first kappa shape index (κ1) is 24.0. The molecule has 0 aromatic carbocycles. The number of nitrogens with zero attached hydrogens (tertiary/aromatic N) is 1.